The van der Waals surface area contributed by atoms with E-state index in [0.29, 0.717) is 16.8 Å². The van der Waals surface area contributed by atoms with E-state index in [-0.39, 0.29) is 17.5 Å². The summed E-state index contributed by atoms with van der Waals surface area (Å²) in [5.74, 6) is -2.03. The third-order valence-electron chi connectivity index (χ3n) is 5.50. The Balaban J connectivity index is 1.77. The average Bonchev–Trinajstić information content (AvgIpc) is 2.78. The molecule has 7 heteroatoms. The van der Waals surface area contributed by atoms with Gasteiger partial charge < -0.3 is 9.88 Å². The van der Waals surface area contributed by atoms with Crippen LogP contribution in [-0.2, 0) is 11.3 Å². The number of hydrogen-bond donors (Lipinski definition) is 1. The minimum absolute atomic E-state index is 0.000680. The molecule has 0 bridgehead atoms. The molecule has 5 nitrogen and oxygen atoms in total. The van der Waals surface area contributed by atoms with Crippen LogP contribution < -0.4 is 10.7 Å². The van der Waals surface area contributed by atoms with Crippen LogP contribution >= 0.6 is 0 Å². The third-order valence-corrected chi connectivity index (χ3v) is 5.50. The topological polar surface area (TPSA) is 68.2 Å². The molecule has 1 heterocycles. The Morgan fingerprint density at radius 1 is 0.879 bits per heavy atom. The largest absolute Gasteiger partial charge is 0.337 e. The maximum atomic E-state index is 13.9. The van der Waals surface area contributed by atoms with E-state index in [1.54, 1.807) is 18.2 Å². The number of amides is 1. The summed E-state index contributed by atoms with van der Waals surface area (Å²) in [5, 5.41) is 2.64. The number of aromatic nitrogens is 1. The molecule has 0 spiro atoms. The molecule has 166 valence electrons. The molecule has 1 N–H and O–H groups in total. The second-order valence-corrected chi connectivity index (χ2v) is 7.84. The average molecular weight is 446 g/mol. The number of fused-ring (bicyclic) bond motifs is 1. The van der Waals surface area contributed by atoms with Gasteiger partial charge in [0.2, 0.25) is 11.3 Å². The Morgan fingerprint density at radius 2 is 1.58 bits per heavy atom. The molecular weight excluding hydrogens is 426 g/mol. The number of halogens is 2. The van der Waals surface area contributed by atoms with Crippen molar-refractivity contribution in [2.75, 3.05) is 5.32 Å². The first-order valence-electron chi connectivity index (χ1n) is 10.2. The van der Waals surface area contributed by atoms with Crippen LogP contribution in [0.1, 0.15) is 27.0 Å². The maximum absolute atomic E-state index is 13.9. The highest BCUT2D eigenvalue weighted by Gasteiger charge is 2.19. The standard InChI is InChI=1S/C26H20F2N2O3/c1-15-3-4-17(11-16(15)2)25(32)22-13-30(23-10-7-19(28)12-21(23)26(22)33)14-24(31)29-20-8-5-18(27)6-9-20/h3-13H,14H2,1-2H3,(H,29,31). The molecule has 0 radical (unpaired) electrons. The molecule has 0 unspecified atom stereocenters. The van der Waals surface area contributed by atoms with Crippen LogP contribution in [-0.4, -0.2) is 16.3 Å². The van der Waals surface area contributed by atoms with E-state index in [1.807, 2.05) is 13.8 Å². The molecule has 0 atom stereocenters. The summed E-state index contributed by atoms with van der Waals surface area (Å²) >= 11 is 0. The number of nitrogens with zero attached hydrogens (tertiary/aromatic N) is 1. The number of nitrogens with one attached hydrogen (secondary N) is 1. The molecule has 0 aliphatic heterocycles. The lowest BCUT2D eigenvalue weighted by Crippen LogP contribution is -2.24. The van der Waals surface area contributed by atoms with Crippen molar-refractivity contribution in [1.29, 1.82) is 0 Å². The van der Waals surface area contributed by atoms with Gasteiger partial charge in [-0.25, -0.2) is 8.78 Å². The number of ketones is 1. The summed E-state index contributed by atoms with van der Waals surface area (Å²) in [7, 11) is 0. The van der Waals surface area contributed by atoms with Gasteiger partial charge in [0, 0.05) is 22.8 Å². The van der Waals surface area contributed by atoms with E-state index >= 15 is 0 Å². The van der Waals surface area contributed by atoms with E-state index < -0.39 is 28.8 Å². The van der Waals surface area contributed by atoms with E-state index in [9.17, 15) is 23.2 Å². The summed E-state index contributed by atoms with van der Waals surface area (Å²) in [6, 6.07) is 14.0. The first-order chi connectivity index (χ1) is 15.7. The fourth-order valence-corrected chi connectivity index (χ4v) is 3.59. The zero-order valence-electron chi connectivity index (χ0n) is 18.0. The molecule has 4 aromatic rings. The first-order valence-corrected chi connectivity index (χ1v) is 10.2. The summed E-state index contributed by atoms with van der Waals surface area (Å²) in [6.45, 7) is 3.53. The number of benzene rings is 3. The minimum Gasteiger partial charge on any atom is -0.337 e. The van der Waals surface area contributed by atoms with Crippen LogP contribution in [0.3, 0.4) is 0 Å². The van der Waals surface area contributed by atoms with Gasteiger partial charge >= 0.3 is 0 Å². The van der Waals surface area contributed by atoms with Gasteiger partial charge in [0.1, 0.15) is 18.2 Å². The molecule has 0 saturated heterocycles. The fourth-order valence-electron chi connectivity index (χ4n) is 3.59. The highest BCUT2D eigenvalue weighted by atomic mass is 19.1. The lowest BCUT2D eigenvalue weighted by molar-refractivity contribution is -0.116. The van der Waals surface area contributed by atoms with Crippen molar-refractivity contribution < 1.29 is 18.4 Å². The number of aryl methyl sites for hydroxylation is 2. The van der Waals surface area contributed by atoms with E-state index in [2.05, 4.69) is 5.32 Å². The molecule has 0 aliphatic carbocycles. The Kier molecular flexibility index (Phi) is 5.87. The van der Waals surface area contributed by atoms with Crippen LogP contribution in [0.4, 0.5) is 14.5 Å². The van der Waals surface area contributed by atoms with Crippen molar-refractivity contribution in [3.8, 4) is 0 Å². The molecule has 1 aromatic heterocycles. The monoisotopic (exact) mass is 446 g/mol. The Bertz CT molecular complexity index is 1460. The molecule has 3 aromatic carbocycles. The van der Waals surface area contributed by atoms with Crippen LogP contribution in [0.5, 0.6) is 0 Å². The zero-order chi connectivity index (χ0) is 23.7. The van der Waals surface area contributed by atoms with Crippen molar-refractivity contribution >= 4 is 28.3 Å². The predicted octanol–water partition coefficient (Wildman–Crippen LogP) is 4.77. The first kappa shape index (κ1) is 22.1. The normalized spacial score (nSPS) is 10.9. The predicted molar refractivity (Wildman–Crippen MR) is 123 cm³/mol. The minimum atomic E-state index is -0.627. The van der Waals surface area contributed by atoms with Crippen molar-refractivity contribution in [2.45, 2.75) is 20.4 Å². The lowest BCUT2D eigenvalue weighted by atomic mass is 9.99. The summed E-state index contributed by atoms with van der Waals surface area (Å²) < 4.78 is 28.5. The SMILES string of the molecule is Cc1ccc(C(=O)c2cn(CC(=O)Nc3ccc(F)cc3)c3ccc(F)cc3c2=O)cc1C. The Labute approximate surface area is 188 Å². The van der Waals surface area contributed by atoms with E-state index in [4.69, 9.17) is 0 Å². The molecule has 33 heavy (non-hydrogen) atoms. The van der Waals surface area contributed by atoms with Crippen LogP contribution in [0.2, 0.25) is 0 Å². The summed E-state index contributed by atoms with van der Waals surface area (Å²) in [4.78, 5) is 38.9. The molecule has 0 fully saturated rings. The molecule has 0 aliphatic rings. The van der Waals surface area contributed by atoms with Crippen molar-refractivity contribution in [3.63, 3.8) is 0 Å². The van der Waals surface area contributed by atoms with Gasteiger partial charge in [-0.2, -0.15) is 0 Å². The lowest BCUT2D eigenvalue weighted by Gasteiger charge is -2.14. The van der Waals surface area contributed by atoms with Crippen molar-refractivity contribution in [3.05, 3.63) is 111 Å². The highest BCUT2D eigenvalue weighted by molar-refractivity contribution is 6.10. The van der Waals surface area contributed by atoms with Gasteiger partial charge in [0.05, 0.1) is 11.1 Å². The van der Waals surface area contributed by atoms with Crippen molar-refractivity contribution in [2.24, 2.45) is 0 Å². The smallest absolute Gasteiger partial charge is 0.244 e. The van der Waals surface area contributed by atoms with Gasteiger partial charge in [-0.3, -0.25) is 14.4 Å². The van der Waals surface area contributed by atoms with E-state index in [1.165, 1.54) is 47.2 Å². The van der Waals surface area contributed by atoms with E-state index in [0.717, 1.165) is 17.2 Å². The molecule has 0 saturated carbocycles. The van der Waals surface area contributed by atoms with Crippen molar-refractivity contribution in [1.82, 2.24) is 4.57 Å². The quantitative estimate of drug-likeness (QED) is 0.449. The van der Waals surface area contributed by atoms with Gasteiger partial charge in [-0.05, 0) is 73.5 Å². The fraction of sp³-hybridized carbons (Fsp3) is 0.115. The van der Waals surface area contributed by atoms with Crippen LogP contribution in [0.15, 0.2) is 71.7 Å². The van der Waals surface area contributed by atoms with Gasteiger partial charge in [0.15, 0.2) is 5.78 Å². The molecular formula is C26H20F2N2O3. The number of hydrogen-bond acceptors (Lipinski definition) is 3. The van der Waals surface area contributed by atoms with Crippen LogP contribution in [0.25, 0.3) is 10.9 Å². The Hall–Kier alpha value is -4.13. The summed E-state index contributed by atoms with van der Waals surface area (Å²) in [5.41, 5.74) is 2.16. The third kappa shape index (κ3) is 4.57. The Morgan fingerprint density at radius 3 is 2.27 bits per heavy atom. The molecule has 4 rings (SSSR count). The number of anilines is 1. The second-order valence-electron chi connectivity index (χ2n) is 7.84. The highest BCUT2D eigenvalue weighted by Crippen LogP contribution is 2.18. The second kappa shape index (κ2) is 8.78. The number of carbonyl (C=O) groups excluding carboxylic acids is 2. The number of rotatable bonds is 5. The van der Waals surface area contributed by atoms with Crippen LogP contribution in [0, 0.1) is 25.5 Å². The summed E-state index contributed by atoms with van der Waals surface area (Å²) in [6.07, 6.45) is 1.32. The maximum Gasteiger partial charge on any atom is 0.244 e. The molecule has 1 amide bonds. The number of carbonyl (C=O) groups is 2. The van der Waals surface area contributed by atoms with Gasteiger partial charge in [0.25, 0.3) is 0 Å². The van der Waals surface area contributed by atoms with Gasteiger partial charge in [-0.1, -0.05) is 12.1 Å². The van der Waals surface area contributed by atoms with Gasteiger partial charge in [-0.15, -0.1) is 0 Å². The zero-order valence-corrected chi connectivity index (χ0v) is 18.0. The number of pyridine rings is 1.